The van der Waals surface area contributed by atoms with Crippen molar-refractivity contribution in [2.75, 3.05) is 6.54 Å². The summed E-state index contributed by atoms with van der Waals surface area (Å²) in [6, 6.07) is 10.1. The summed E-state index contributed by atoms with van der Waals surface area (Å²) in [5, 5.41) is 6.53. The lowest BCUT2D eigenvalue weighted by molar-refractivity contribution is 0.877. The molecule has 0 spiro atoms. The lowest BCUT2D eigenvalue weighted by atomic mass is 10.2. The van der Waals surface area contributed by atoms with Crippen molar-refractivity contribution < 1.29 is 0 Å². The number of thiocarbonyl (C=S) groups is 1. The van der Waals surface area contributed by atoms with Crippen LogP contribution in [0.1, 0.15) is 5.56 Å². The standard InChI is InChI=1S/C11H12N2S/c1-2-8-12-11(14)13-9-10-6-4-3-5-7-10/h1,3-7H,8-9H2,(H2,12,13,14). The Morgan fingerprint density at radius 1 is 1.29 bits per heavy atom. The lowest BCUT2D eigenvalue weighted by Crippen LogP contribution is -2.34. The lowest BCUT2D eigenvalue weighted by Gasteiger charge is -2.07. The van der Waals surface area contributed by atoms with E-state index < -0.39 is 0 Å². The van der Waals surface area contributed by atoms with Gasteiger partial charge in [-0.3, -0.25) is 0 Å². The summed E-state index contributed by atoms with van der Waals surface area (Å²) in [6.45, 7) is 1.18. The zero-order valence-electron chi connectivity index (χ0n) is 7.79. The minimum absolute atomic E-state index is 0.459. The maximum absolute atomic E-state index is 5.08. The van der Waals surface area contributed by atoms with E-state index >= 15 is 0 Å². The van der Waals surface area contributed by atoms with Crippen molar-refractivity contribution in [3.05, 3.63) is 35.9 Å². The molecule has 1 aromatic rings. The van der Waals surface area contributed by atoms with Gasteiger partial charge in [0.15, 0.2) is 5.11 Å². The van der Waals surface area contributed by atoms with E-state index in [1.807, 2.05) is 30.3 Å². The number of hydrogen-bond acceptors (Lipinski definition) is 1. The van der Waals surface area contributed by atoms with Gasteiger partial charge in [-0.1, -0.05) is 36.3 Å². The number of benzene rings is 1. The Labute approximate surface area is 89.7 Å². The van der Waals surface area contributed by atoms with Crippen molar-refractivity contribution in [3.8, 4) is 12.3 Å². The molecule has 2 N–H and O–H groups in total. The molecular formula is C11H12N2S. The van der Waals surface area contributed by atoms with Gasteiger partial charge in [0.25, 0.3) is 0 Å². The van der Waals surface area contributed by atoms with Crippen LogP contribution in [-0.2, 0) is 6.54 Å². The SMILES string of the molecule is C#CCNC(=S)NCc1ccccc1. The molecule has 0 saturated carbocycles. The summed E-state index contributed by atoms with van der Waals surface area (Å²) in [5.41, 5.74) is 1.19. The monoisotopic (exact) mass is 204 g/mol. The van der Waals surface area contributed by atoms with Gasteiger partial charge in [-0.05, 0) is 17.8 Å². The largest absolute Gasteiger partial charge is 0.359 e. The molecule has 0 heterocycles. The minimum Gasteiger partial charge on any atom is -0.359 e. The summed E-state index contributed by atoms with van der Waals surface area (Å²) >= 11 is 5.00. The number of nitrogens with one attached hydrogen (secondary N) is 2. The molecule has 0 aliphatic carbocycles. The molecule has 0 fully saturated rings. The first-order valence-electron chi connectivity index (χ1n) is 4.32. The highest BCUT2D eigenvalue weighted by molar-refractivity contribution is 7.80. The van der Waals surface area contributed by atoms with Crippen molar-refractivity contribution in [1.29, 1.82) is 0 Å². The van der Waals surface area contributed by atoms with E-state index in [2.05, 4.69) is 16.6 Å². The van der Waals surface area contributed by atoms with Crippen molar-refractivity contribution >= 4 is 17.3 Å². The Balaban J connectivity index is 2.28. The van der Waals surface area contributed by atoms with Gasteiger partial charge in [-0.25, -0.2) is 0 Å². The van der Waals surface area contributed by atoms with E-state index in [4.69, 9.17) is 18.6 Å². The van der Waals surface area contributed by atoms with Crippen molar-refractivity contribution in [2.24, 2.45) is 0 Å². The Morgan fingerprint density at radius 3 is 2.64 bits per heavy atom. The average Bonchev–Trinajstić information content (AvgIpc) is 2.25. The first kappa shape index (κ1) is 10.6. The quantitative estimate of drug-likeness (QED) is 0.573. The highest BCUT2D eigenvalue weighted by Gasteiger charge is 1.93. The molecule has 0 bridgehead atoms. The van der Waals surface area contributed by atoms with Crippen molar-refractivity contribution in [2.45, 2.75) is 6.54 Å². The third-order valence-corrected chi connectivity index (χ3v) is 1.94. The molecule has 0 aromatic heterocycles. The van der Waals surface area contributed by atoms with Crippen LogP contribution in [0.5, 0.6) is 0 Å². The Bertz CT molecular complexity index is 327. The zero-order chi connectivity index (χ0) is 10.2. The topological polar surface area (TPSA) is 24.1 Å². The molecule has 14 heavy (non-hydrogen) atoms. The van der Waals surface area contributed by atoms with Gasteiger partial charge in [0.1, 0.15) is 0 Å². The molecule has 72 valence electrons. The van der Waals surface area contributed by atoms with Crippen LogP contribution in [0.15, 0.2) is 30.3 Å². The van der Waals surface area contributed by atoms with Crippen molar-refractivity contribution in [1.82, 2.24) is 10.6 Å². The van der Waals surface area contributed by atoms with Crippen LogP contribution in [-0.4, -0.2) is 11.7 Å². The van der Waals surface area contributed by atoms with E-state index in [0.717, 1.165) is 6.54 Å². The predicted octanol–water partition coefficient (Wildman–Crippen LogP) is 1.28. The first-order valence-corrected chi connectivity index (χ1v) is 4.73. The fraction of sp³-hybridized carbons (Fsp3) is 0.182. The number of hydrogen-bond donors (Lipinski definition) is 2. The molecule has 0 unspecified atom stereocenters. The van der Waals surface area contributed by atoms with E-state index in [9.17, 15) is 0 Å². The Kier molecular flexibility index (Phi) is 4.53. The summed E-state index contributed by atoms with van der Waals surface area (Å²) < 4.78 is 0. The second-order valence-electron chi connectivity index (χ2n) is 2.73. The second kappa shape index (κ2) is 6.01. The van der Waals surface area contributed by atoms with Crippen LogP contribution in [0.4, 0.5) is 0 Å². The van der Waals surface area contributed by atoms with Crippen LogP contribution >= 0.6 is 12.2 Å². The van der Waals surface area contributed by atoms with E-state index in [1.54, 1.807) is 0 Å². The third kappa shape index (κ3) is 3.92. The zero-order valence-corrected chi connectivity index (χ0v) is 8.60. The first-order chi connectivity index (χ1) is 6.83. The van der Waals surface area contributed by atoms with Gasteiger partial charge in [0.05, 0.1) is 6.54 Å². The van der Waals surface area contributed by atoms with Crippen LogP contribution < -0.4 is 10.6 Å². The molecule has 0 radical (unpaired) electrons. The van der Waals surface area contributed by atoms with E-state index in [0.29, 0.717) is 11.7 Å². The fourth-order valence-corrected chi connectivity index (χ4v) is 1.12. The molecule has 1 aromatic carbocycles. The highest BCUT2D eigenvalue weighted by Crippen LogP contribution is 1.96. The second-order valence-corrected chi connectivity index (χ2v) is 3.13. The van der Waals surface area contributed by atoms with Gasteiger partial charge < -0.3 is 10.6 Å². The number of terminal acetylenes is 1. The normalized spacial score (nSPS) is 8.79. The van der Waals surface area contributed by atoms with Gasteiger partial charge in [-0.2, -0.15) is 0 Å². The maximum Gasteiger partial charge on any atom is 0.167 e. The van der Waals surface area contributed by atoms with Crippen LogP contribution in [0.2, 0.25) is 0 Å². The summed E-state index contributed by atoms with van der Waals surface area (Å²) in [5.74, 6) is 2.46. The van der Waals surface area contributed by atoms with E-state index in [-0.39, 0.29) is 0 Å². The predicted molar refractivity (Wildman–Crippen MR) is 62.7 cm³/mol. The number of rotatable bonds is 3. The smallest absolute Gasteiger partial charge is 0.167 e. The molecule has 0 aliphatic heterocycles. The fourth-order valence-electron chi connectivity index (χ4n) is 0.972. The van der Waals surface area contributed by atoms with Crippen LogP contribution in [0.25, 0.3) is 0 Å². The third-order valence-electron chi connectivity index (χ3n) is 1.65. The maximum atomic E-state index is 5.08. The molecule has 3 heteroatoms. The van der Waals surface area contributed by atoms with Crippen molar-refractivity contribution in [3.63, 3.8) is 0 Å². The molecule has 1 rings (SSSR count). The van der Waals surface area contributed by atoms with Gasteiger partial charge in [0, 0.05) is 6.54 Å². The highest BCUT2D eigenvalue weighted by atomic mass is 32.1. The van der Waals surface area contributed by atoms with Gasteiger partial charge >= 0.3 is 0 Å². The Hall–Kier alpha value is -1.53. The minimum atomic E-state index is 0.459. The van der Waals surface area contributed by atoms with Crippen LogP contribution in [0, 0.1) is 12.3 Å². The average molecular weight is 204 g/mol. The molecule has 0 saturated heterocycles. The molecule has 0 aliphatic rings. The molecule has 2 nitrogen and oxygen atoms in total. The van der Waals surface area contributed by atoms with Gasteiger partial charge in [-0.15, -0.1) is 6.42 Å². The summed E-state index contributed by atoms with van der Waals surface area (Å²) in [4.78, 5) is 0. The van der Waals surface area contributed by atoms with Gasteiger partial charge in [0.2, 0.25) is 0 Å². The Morgan fingerprint density at radius 2 is 2.00 bits per heavy atom. The summed E-state index contributed by atoms with van der Waals surface area (Å²) in [6.07, 6.45) is 5.08. The molecule has 0 atom stereocenters. The van der Waals surface area contributed by atoms with E-state index in [1.165, 1.54) is 5.56 Å². The van der Waals surface area contributed by atoms with Crippen LogP contribution in [0.3, 0.4) is 0 Å². The summed E-state index contributed by atoms with van der Waals surface area (Å²) in [7, 11) is 0. The molecular weight excluding hydrogens is 192 g/mol. The molecule has 0 amide bonds.